The summed E-state index contributed by atoms with van der Waals surface area (Å²) in [7, 11) is 0. The van der Waals surface area contributed by atoms with Crippen molar-refractivity contribution in [3.63, 3.8) is 0 Å². The Hall–Kier alpha value is -7.23. The summed E-state index contributed by atoms with van der Waals surface area (Å²) in [4.78, 5) is 14.7. The van der Waals surface area contributed by atoms with Gasteiger partial charge >= 0.3 is 0 Å². The van der Waals surface area contributed by atoms with Crippen molar-refractivity contribution in [1.82, 2.24) is 15.0 Å². The number of fused-ring (bicyclic) bond motifs is 10. The van der Waals surface area contributed by atoms with Gasteiger partial charge in [-0.3, -0.25) is 4.98 Å². The highest BCUT2D eigenvalue weighted by atomic mass is 14.9. The molecule has 0 N–H and O–H groups in total. The Morgan fingerprint density at radius 2 is 0.667 bits per heavy atom. The highest BCUT2D eigenvalue weighted by Gasteiger charge is 2.14. The van der Waals surface area contributed by atoms with E-state index >= 15 is 0 Å². The third kappa shape index (κ3) is 5.60. The van der Waals surface area contributed by atoms with Crippen molar-refractivity contribution < 1.29 is 0 Å². The van der Waals surface area contributed by atoms with E-state index in [-0.39, 0.29) is 0 Å². The summed E-state index contributed by atoms with van der Waals surface area (Å²) in [6, 6.07) is 67.0. The van der Waals surface area contributed by atoms with Crippen molar-refractivity contribution in [2.45, 2.75) is 0 Å². The molecule has 0 saturated carbocycles. The molecule has 10 aromatic rings. The average Bonchev–Trinajstić information content (AvgIpc) is 3.26. The van der Waals surface area contributed by atoms with Gasteiger partial charge in [0.1, 0.15) is 0 Å². The van der Waals surface area contributed by atoms with E-state index in [9.17, 15) is 0 Å². The van der Waals surface area contributed by atoms with Crippen LogP contribution in [-0.4, -0.2) is 15.0 Å². The van der Waals surface area contributed by atoms with E-state index in [0.717, 1.165) is 44.6 Å². The van der Waals surface area contributed by atoms with Gasteiger partial charge in [-0.15, -0.1) is 0 Å². The van der Waals surface area contributed by atoms with Gasteiger partial charge in [0, 0.05) is 29.1 Å². The molecule has 0 radical (unpaired) electrons. The van der Waals surface area contributed by atoms with Crippen molar-refractivity contribution in [3.8, 4) is 45.0 Å². The molecule has 0 spiro atoms. The van der Waals surface area contributed by atoms with Crippen molar-refractivity contribution in [1.29, 1.82) is 0 Å². The molecular weight excluding hydrogens is 655 g/mol. The first kappa shape index (κ1) is 31.5. The van der Waals surface area contributed by atoms with E-state index in [0.29, 0.717) is 5.82 Å². The molecule has 54 heavy (non-hydrogen) atoms. The third-order valence-corrected chi connectivity index (χ3v) is 10.4. The van der Waals surface area contributed by atoms with E-state index < -0.39 is 0 Å². The largest absolute Gasteiger partial charge is 0.264 e. The average molecular weight is 688 g/mol. The first-order valence-corrected chi connectivity index (χ1v) is 18.3. The standard InChI is InChI=1S/C51H33N3/c1-2-13-36(14-3-1)51-53-49(35-26-24-34(25-27-35)38-15-12-30-52-33-38)32-50(54-51)37-28-29-47-45-22-9-8-20-43(45)41-18-5-4-16-39(41)40-17-6-7-19-42(40)44-21-10-11-23-46(44)48(47)31-37/h1-33H. The van der Waals surface area contributed by atoms with Crippen LogP contribution >= 0.6 is 0 Å². The van der Waals surface area contributed by atoms with Crippen LogP contribution in [0, 0.1) is 0 Å². The van der Waals surface area contributed by atoms with E-state index in [1.165, 1.54) is 48.5 Å². The van der Waals surface area contributed by atoms with Gasteiger partial charge in [-0.05, 0) is 83.2 Å². The molecule has 8 aromatic carbocycles. The van der Waals surface area contributed by atoms with E-state index in [4.69, 9.17) is 9.97 Å². The monoisotopic (exact) mass is 687 g/mol. The van der Waals surface area contributed by atoms with Gasteiger partial charge in [0.2, 0.25) is 0 Å². The Bertz CT molecular complexity index is 3010. The summed E-state index contributed by atoms with van der Waals surface area (Å²) in [5.74, 6) is 0.691. The fraction of sp³-hybridized carbons (Fsp3) is 0. The zero-order valence-electron chi connectivity index (χ0n) is 29.4. The van der Waals surface area contributed by atoms with Crippen LogP contribution < -0.4 is 0 Å². The van der Waals surface area contributed by atoms with E-state index in [1.807, 2.05) is 30.5 Å². The van der Waals surface area contributed by atoms with Crippen LogP contribution in [0.1, 0.15) is 0 Å². The van der Waals surface area contributed by atoms with Gasteiger partial charge in [0.25, 0.3) is 0 Å². The predicted octanol–water partition coefficient (Wildman–Crippen LogP) is 13.4. The lowest BCUT2D eigenvalue weighted by Crippen LogP contribution is -1.96. The number of aromatic nitrogens is 3. The predicted molar refractivity (Wildman–Crippen MR) is 227 cm³/mol. The Morgan fingerprint density at radius 3 is 1.17 bits per heavy atom. The summed E-state index contributed by atoms with van der Waals surface area (Å²) in [5, 5.41) is 12.0. The van der Waals surface area contributed by atoms with Gasteiger partial charge in [-0.25, -0.2) is 9.97 Å². The highest BCUT2D eigenvalue weighted by Crippen LogP contribution is 2.38. The van der Waals surface area contributed by atoms with Gasteiger partial charge in [-0.2, -0.15) is 0 Å². The van der Waals surface area contributed by atoms with Crippen LogP contribution in [0.5, 0.6) is 0 Å². The van der Waals surface area contributed by atoms with Gasteiger partial charge in [0.15, 0.2) is 5.82 Å². The molecule has 10 rings (SSSR count). The summed E-state index contributed by atoms with van der Waals surface area (Å²) in [6.07, 6.45) is 3.69. The molecule has 2 heterocycles. The topological polar surface area (TPSA) is 38.7 Å². The smallest absolute Gasteiger partial charge is 0.160 e. The summed E-state index contributed by atoms with van der Waals surface area (Å²) in [5.41, 5.74) is 6.95. The lowest BCUT2D eigenvalue weighted by atomic mass is 9.93. The Balaban J connectivity index is 1.28. The minimum atomic E-state index is 0.691. The normalized spacial score (nSPS) is 11.3. The Morgan fingerprint density at radius 1 is 0.259 bits per heavy atom. The van der Waals surface area contributed by atoms with Crippen LogP contribution in [0.25, 0.3) is 98.9 Å². The van der Waals surface area contributed by atoms with Crippen LogP contribution in [-0.2, 0) is 0 Å². The second kappa shape index (κ2) is 13.4. The number of pyridine rings is 1. The first-order valence-electron chi connectivity index (χ1n) is 18.3. The minimum absolute atomic E-state index is 0.691. The van der Waals surface area contributed by atoms with Crippen molar-refractivity contribution in [2.24, 2.45) is 0 Å². The lowest BCUT2D eigenvalue weighted by Gasteiger charge is -2.12. The summed E-state index contributed by atoms with van der Waals surface area (Å²) >= 11 is 0. The molecule has 0 aliphatic rings. The van der Waals surface area contributed by atoms with Crippen molar-refractivity contribution >= 4 is 53.9 Å². The van der Waals surface area contributed by atoms with Crippen LogP contribution in [0.4, 0.5) is 0 Å². The molecule has 3 heteroatoms. The fourth-order valence-corrected chi connectivity index (χ4v) is 7.80. The second-order valence-electron chi connectivity index (χ2n) is 13.6. The van der Waals surface area contributed by atoms with Gasteiger partial charge < -0.3 is 0 Å². The van der Waals surface area contributed by atoms with E-state index in [1.54, 1.807) is 6.20 Å². The molecule has 0 fully saturated rings. The highest BCUT2D eigenvalue weighted by molar-refractivity contribution is 6.26. The zero-order chi connectivity index (χ0) is 35.8. The Kier molecular flexibility index (Phi) is 7.81. The lowest BCUT2D eigenvalue weighted by molar-refractivity contribution is 1.18. The van der Waals surface area contributed by atoms with E-state index in [2.05, 4.69) is 169 Å². The number of hydrogen-bond donors (Lipinski definition) is 0. The van der Waals surface area contributed by atoms with Crippen LogP contribution in [0.3, 0.4) is 0 Å². The second-order valence-corrected chi connectivity index (χ2v) is 13.6. The SMILES string of the molecule is c1ccc(-c2nc(-c3ccc(-c4cccnc4)cc3)cc(-c3ccc4c5ccccc5c5ccccc5c5ccccc5c5ccccc5c4c3)n2)cc1. The maximum Gasteiger partial charge on any atom is 0.160 e. The number of nitrogens with zero attached hydrogens (tertiary/aromatic N) is 3. The van der Waals surface area contributed by atoms with Crippen LogP contribution in [0.2, 0.25) is 0 Å². The van der Waals surface area contributed by atoms with Crippen LogP contribution in [0.15, 0.2) is 200 Å². The quantitative estimate of drug-likeness (QED) is 0.185. The maximum atomic E-state index is 5.24. The van der Waals surface area contributed by atoms with Gasteiger partial charge in [-0.1, -0.05) is 170 Å². The maximum absolute atomic E-state index is 5.24. The molecule has 0 atom stereocenters. The first-order chi connectivity index (χ1) is 26.8. The fourth-order valence-electron chi connectivity index (χ4n) is 7.80. The molecule has 0 aliphatic heterocycles. The molecule has 0 amide bonds. The molecule has 0 saturated heterocycles. The van der Waals surface area contributed by atoms with Gasteiger partial charge in [0.05, 0.1) is 11.4 Å². The molecular formula is C51H33N3. The van der Waals surface area contributed by atoms with Crippen molar-refractivity contribution in [3.05, 3.63) is 200 Å². The molecule has 252 valence electrons. The zero-order valence-corrected chi connectivity index (χ0v) is 29.4. The summed E-state index contributed by atoms with van der Waals surface area (Å²) < 4.78 is 0. The molecule has 0 bridgehead atoms. The molecule has 0 unspecified atom stereocenters. The third-order valence-electron chi connectivity index (χ3n) is 10.4. The number of benzene rings is 7. The number of rotatable bonds is 4. The van der Waals surface area contributed by atoms with Crippen molar-refractivity contribution in [2.75, 3.05) is 0 Å². The molecule has 0 aliphatic carbocycles. The molecule has 2 aromatic heterocycles. The summed E-state index contributed by atoms with van der Waals surface area (Å²) in [6.45, 7) is 0. The number of hydrogen-bond acceptors (Lipinski definition) is 3. The molecule has 3 nitrogen and oxygen atoms in total. The minimum Gasteiger partial charge on any atom is -0.264 e. The Labute approximate surface area is 313 Å².